The Morgan fingerprint density at radius 2 is 1.77 bits per heavy atom. The van der Waals surface area contributed by atoms with Gasteiger partial charge in [-0.15, -0.1) is 0 Å². The van der Waals surface area contributed by atoms with Gasteiger partial charge in [-0.3, -0.25) is 0 Å². The third-order valence-corrected chi connectivity index (χ3v) is 7.10. The molecule has 5 aliphatic rings. The minimum absolute atomic E-state index is 0.538. The summed E-state index contributed by atoms with van der Waals surface area (Å²) in [5.41, 5.74) is 3.13. The second kappa shape index (κ2) is 5.13. The van der Waals surface area contributed by atoms with Crippen molar-refractivity contribution in [2.45, 2.75) is 81.6 Å². The molecular weight excluding hydrogens is 272 g/mol. The molecule has 5 rings (SSSR count). The molecule has 0 aromatic carbocycles. The Hall–Kier alpha value is -0.740. The summed E-state index contributed by atoms with van der Waals surface area (Å²) in [6.07, 6.45) is 11.0. The van der Waals surface area contributed by atoms with Crippen LogP contribution in [0.25, 0.3) is 0 Å². The van der Waals surface area contributed by atoms with Crippen LogP contribution in [0.1, 0.15) is 51.4 Å². The standard InChI is InChI=1S/C18H30N4/c1-19-16-12-4-2-3-5-13-17(16)22-18-14(20-12)9-10-6-7-11(8-10)15(18)21-13/h10-14,16-17,19-22H,2-9H2,1H3. The van der Waals surface area contributed by atoms with Crippen LogP contribution in [0.4, 0.5) is 0 Å². The van der Waals surface area contributed by atoms with Gasteiger partial charge >= 0.3 is 0 Å². The zero-order valence-corrected chi connectivity index (χ0v) is 13.7. The largest absolute Gasteiger partial charge is 0.382 e. The summed E-state index contributed by atoms with van der Waals surface area (Å²) >= 11 is 0. The van der Waals surface area contributed by atoms with Crippen LogP contribution >= 0.6 is 0 Å². The van der Waals surface area contributed by atoms with Gasteiger partial charge in [0, 0.05) is 41.5 Å². The lowest BCUT2D eigenvalue weighted by Crippen LogP contribution is -2.64. The smallest absolute Gasteiger partial charge is 0.0628 e. The van der Waals surface area contributed by atoms with Crippen LogP contribution in [0.15, 0.2) is 11.4 Å². The maximum atomic E-state index is 4.08. The van der Waals surface area contributed by atoms with Crippen LogP contribution in [0.2, 0.25) is 0 Å². The van der Waals surface area contributed by atoms with Crippen LogP contribution in [0, 0.1) is 11.8 Å². The molecule has 3 fully saturated rings. The fraction of sp³-hybridized carbons (Fsp3) is 0.889. The van der Waals surface area contributed by atoms with Gasteiger partial charge in [0.25, 0.3) is 0 Å². The third-order valence-electron chi connectivity index (χ3n) is 7.10. The number of likely N-dealkylation sites (N-methyl/N-ethyl adjacent to an activating group) is 1. The Morgan fingerprint density at radius 1 is 0.909 bits per heavy atom. The normalized spacial score (nSPS) is 49.6. The van der Waals surface area contributed by atoms with Crippen molar-refractivity contribution >= 4 is 0 Å². The molecule has 1 saturated heterocycles. The van der Waals surface area contributed by atoms with Crippen molar-refractivity contribution in [3.8, 4) is 0 Å². The molecule has 4 N–H and O–H groups in total. The molecule has 3 aliphatic carbocycles. The Bertz CT molecular complexity index is 487. The Morgan fingerprint density at radius 3 is 2.64 bits per heavy atom. The van der Waals surface area contributed by atoms with Crippen molar-refractivity contribution in [1.82, 2.24) is 21.3 Å². The molecule has 4 nitrogen and oxygen atoms in total. The lowest BCUT2D eigenvalue weighted by Gasteiger charge is -2.43. The summed E-state index contributed by atoms with van der Waals surface area (Å²) in [6, 6.07) is 2.87. The first kappa shape index (κ1) is 13.7. The van der Waals surface area contributed by atoms with E-state index in [0.717, 1.165) is 11.8 Å². The van der Waals surface area contributed by atoms with Crippen molar-refractivity contribution in [3.05, 3.63) is 11.4 Å². The average Bonchev–Trinajstić information content (AvgIpc) is 2.84. The SMILES string of the molecule is CNC1C2CCCCC3NC4=C(NC31)C(CC1CCC4C1)N2. The predicted octanol–water partition coefficient (Wildman–Crippen LogP) is 1.45. The first-order chi connectivity index (χ1) is 10.8. The van der Waals surface area contributed by atoms with Gasteiger partial charge in [-0.05, 0) is 51.5 Å². The third kappa shape index (κ3) is 1.96. The molecule has 7 unspecified atom stereocenters. The lowest BCUT2D eigenvalue weighted by atomic mass is 9.84. The monoisotopic (exact) mass is 302 g/mol. The van der Waals surface area contributed by atoms with Crippen LogP contribution in [0.5, 0.6) is 0 Å². The molecule has 2 saturated carbocycles. The number of hydrogen-bond donors (Lipinski definition) is 4. The zero-order chi connectivity index (χ0) is 14.7. The Balaban J connectivity index is 1.61. The van der Waals surface area contributed by atoms with E-state index in [0.29, 0.717) is 30.2 Å². The highest BCUT2D eigenvalue weighted by atomic mass is 15.2. The summed E-state index contributed by atoms with van der Waals surface area (Å²) in [6.45, 7) is 0. The summed E-state index contributed by atoms with van der Waals surface area (Å²) in [7, 11) is 2.15. The number of fused-ring (bicyclic) bond motifs is 4. The molecule has 5 bridgehead atoms. The van der Waals surface area contributed by atoms with Gasteiger partial charge in [-0.2, -0.15) is 0 Å². The molecule has 0 spiro atoms. The molecule has 0 aromatic heterocycles. The van der Waals surface area contributed by atoms with E-state index >= 15 is 0 Å². The quantitative estimate of drug-likeness (QED) is 0.592. The molecule has 7 atom stereocenters. The van der Waals surface area contributed by atoms with Gasteiger partial charge in [-0.25, -0.2) is 0 Å². The van der Waals surface area contributed by atoms with E-state index in [4.69, 9.17) is 0 Å². The molecule has 0 radical (unpaired) electrons. The minimum atomic E-state index is 0.538. The van der Waals surface area contributed by atoms with E-state index in [2.05, 4.69) is 28.3 Å². The van der Waals surface area contributed by atoms with E-state index in [1.807, 2.05) is 0 Å². The Labute approximate surface area is 133 Å². The molecule has 2 heterocycles. The summed E-state index contributed by atoms with van der Waals surface area (Å²) in [4.78, 5) is 0. The van der Waals surface area contributed by atoms with Gasteiger partial charge < -0.3 is 21.3 Å². The van der Waals surface area contributed by atoms with Crippen molar-refractivity contribution < 1.29 is 0 Å². The predicted molar refractivity (Wildman–Crippen MR) is 88.3 cm³/mol. The average molecular weight is 302 g/mol. The molecule has 22 heavy (non-hydrogen) atoms. The highest BCUT2D eigenvalue weighted by Gasteiger charge is 2.47. The maximum Gasteiger partial charge on any atom is 0.0628 e. The van der Waals surface area contributed by atoms with Crippen LogP contribution < -0.4 is 21.3 Å². The number of rotatable bonds is 1. The van der Waals surface area contributed by atoms with Crippen LogP contribution in [0.3, 0.4) is 0 Å². The van der Waals surface area contributed by atoms with E-state index in [9.17, 15) is 0 Å². The first-order valence-corrected chi connectivity index (χ1v) is 9.54. The van der Waals surface area contributed by atoms with Crippen molar-refractivity contribution in [2.24, 2.45) is 11.8 Å². The molecule has 4 heteroatoms. The topological polar surface area (TPSA) is 48.1 Å². The Kier molecular flexibility index (Phi) is 3.19. The van der Waals surface area contributed by atoms with Crippen LogP contribution in [-0.4, -0.2) is 37.3 Å². The van der Waals surface area contributed by atoms with E-state index in [1.54, 1.807) is 5.70 Å². The fourth-order valence-corrected chi connectivity index (χ4v) is 6.08. The van der Waals surface area contributed by atoms with Gasteiger partial charge in [0.1, 0.15) is 0 Å². The van der Waals surface area contributed by atoms with E-state index < -0.39 is 0 Å². The molecule has 0 amide bonds. The second-order valence-corrected chi connectivity index (χ2v) is 8.28. The zero-order valence-electron chi connectivity index (χ0n) is 13.7. The second-order valence-electron chi connectivity index (χ2n) is 8.28. The highest BCUT2D eigenvalue weighted by molar-refractivity contribution is 5.31. The van der Waals surface area contributed by atoms with Gasteiger partial charge in [0.05, 0.1) is 6.04 Å². The van der Waals surface area contributed by atoms with Crippen molar-refractivity contribution in [2.75, 3.05) is 7.05 Å². The van der Waals surface area contributed by atoms with Crippen molar-refractivity contribution in [1.29, 1.82) is 0 Å². The van der Waals surface area contributed by atoms with E-state index in [1.165, 1.54) is 57.1 Å². The molecule has 2 aliphatic heterocycles. The van der Waals surface area contributed by atoms with Crippen molar-refractivity contribution in [3.63, 3.8) is 0 Å². The molecule has 0 aromatic rings. The maximum absolute atomic E-state index is 4.08. The number of nitrogens with one attached hydrogen (secondary N) is 4. The van der Waals surface area contributed by atoms with Gasteiger partial charge in [0.2, 0.25) is 0 Å². The summed E-state index contributed by atoms with van der Waals surface area (Å²) in [5, 5.41) is 15.8. The van der Waals surface area contributed by atoms with Crippen LogP contribution in [-0.2, 0) is 0 Å². The van der Waals surface area contributed by atoms with E-state index in [-0.39, 0.29) is 0 Å². The lowest BCUT2D eigenvalue weighted by molar-refractivity contribution is 0.233. The molecule has 122 valence electrons. The van der Waals surface area contributed by atoms with Gasteiger partial charge in [-0.1, -0.05) is 12.8 Å². The summed E-state index contributed by atoms with van der Waals surface area (Å²) < 4.78 is 0. The fourth-order valence-electron chi connectivity index (χ4n) is 6.08. The van der Waals surface area contributed by atoms with Gasteiger partial charge in [0.15, 0.2) is 0 Å². The molecular formula is C18H30N4. The minimum Gasteiger partial charge on any atom is -0.382 e. The number of hydrogen-bond acceptors (Lipinski definition) is 4. The highest BCUT2D eigenvalue weighted by Crippen LogP contribution is 2.44. The summed E-state index contributed by atoms with van der Waals surface area (Å²) in [5.74, 6) is 1.73. The number of allylic oxidation sites excluding steroid dienone is 1. The first-order valence-electron chi connectivity index (χ1n) is 9.54.